The number of pyridine rings is 1. The van der Waals surface area contributed by atoms with Crippen molar-refractivity contribution in [3.05, 3.63) is 78.5 Å². The molecule has 1 aliphatic heterocycles. The zero-order valence-corrected chi connectivity index (χ0v) is 20.6. The number of nitrogens with zero attached hydrogens (tertiary/aromatic N) is 1. The third kappa shape index (κ3) is 5.65. The van der Waals surface area contributed by atoms with Crippen molar-refractivity contribution in [2.45, 2.75) is 28.9 Å². The van der Waals surface area contributed by atoms with E-state index in [0.29, 0.717) is 18.8 Å². The van der Waals surface area contributed by atoms with Crippen LogP contribution in [0.25, 0.3) is 11.3 Å². The highest BCUT2D eigenvalue weighted by Gasteiger charge is 2.52. The quantitative estimate of drug-likeness (QED) is 0.345. The molecule has 10 heteroatoms. The summed E-state index contributed by atoms with van der Waals surface area (Å²) < 4.78 is 35.9. The third-order valence-corrected chi connectivity index (χ3v) is 8.53. The summed E-state index contributed by atoms with van der Waals surface area (Å²) in [4.78, 5) is 16.7. The number of hydroxylamine groups is 1. The van der Waals surface area contributed by atoms with E-state index in [-0.39, 0.29) is 43.4 Å². The molecule has 2 N–H and O–H groups in total. The number of nitrogens with one attached hydrogen (secondary N) is 1. The van der Waals surface area contributed by atoms with E-state index in [9.17, 15) is 13.2 Å². The van der Waals surface area contributed by atoms with Crippen LogP contribution in [0.4, 0.5) is 0 Å². The summed E-state index contributed by atoms with van der Waals surface area (Å²) in [6.45, 7) is 0.650. The molecule has 1 aromatic heterocycles. The molecule has 8 nitrogen and oxygen atoms in total. The molecule has 3 aromatic rings. The van der Waals surface area contributed by atoms with Crippen LogP contribution >= 0.6 is 12.4 Å². The van der Waals surface area contributed by atoms with Gasteiger partial charge in [0.25, 0.3) is 5.91 Å². The lowest BCUT2D eigenvalue weighted by atomic mass is 9.98. The van der Waals surface area contributed by atoms with Gasteiger partial charge in [-0.2, -0.15) is 0 Å². The molecule has 2 heterocycles. The first-order valence-electron chi connectivity index (χ1n) is 11.0. The molecular weight excluding hydrogens is 492 g/mol. The number of hydrogen-bond donors (Lipinski definition) is 2. The van der Waals surface area contributed by atoms with Crippen molar-refractivity contribution in [2.24, 2.45) is 0 Å². The minimum atomic E-state index is -4.06. The molecule has 1 saturated heterocycles. The summed E-state index contributed by atoms with van der Waals surface area (Å²) in [6.07, 6.45) is 2.37. The zero-order valence-electron chi connectivity index (χ0n) is 18.9. The topological polar surface area (TPSA) is 115 Å². The molecule has 0 unspecified atom stereocenters. The fourth-order valence-electron chi connectivity index (χ4n) is 4.07. The highest BCUT2D eigenvalue weighted by atomic mass is 35.5. The lowest BCUT2D eigenvalue weighted by Gasteiger charge is -2.34. The van der Waals surface area contributed by atoms with Crippen LogP contribution in [0.15, 0.2) is 77.8 Å². The Morgan fingerprint density at radius 1 is 1.06 bits per heavy atom. The van der Waals surface area contributed by atoms with Gasteiger partial charge in [0.1, 0.15) is 5.75 Å². The summed E-state index contributed by atoms with van der Waals surface area (Å²) in [5.74, 6) is -0.420. The molecule has 0 saturated carbocycles. The SMILES string of the molecule is Cl.O=C(NO)C1(S(=O)(=O)c2ccc(OCCc3cccc(-c4ccccn4)c3)cc2)CCOCC1. The molecule has 1 fully saturated rings. The van der Waals surface area contributed by atoms with E-state index in [1.807, 2.05) is 36.4 Å². The van der Waals surface area contributed by atoms with Gasteiger partial charge < -0.3 is 9.47 Å². The van der Waals surface area contributed by atoms with E-state index in [4.69, 9.17) is 14.7 Å². The van der Waals surface area contributed by atoms with Crippen molar-refractivity contribution in [2.75, 3.05) is 19.8 Å². The largest absolute Gasteiger partial charge is 0.493 e. The first kappa shape index (κ1) is 26.6. The molecule has 35 heavy (non-hydrogen) atoms. The number of ether oxygens (including phenoxy) is 2. The molecule has 0 spiro atoms. The van der Waals surface area contributed by atoms with Crippen molar-refractivity contribution >= 4 is 28.2 Å². The van der Waals surface area contributed by atoms with Crippen LogP contribution in [0.5, 0.6) is 5.75 Å². The third-order valence-electron chi connectivity index (χ3n) is 6.01. The van der Waals surface area contributed by atoms with Gasteiger partial charge in [0.2, 0.25) is 0 Å². The number of carbonyl (C=O) groups excluding carboxylic acids is 1. The van der Waals surface area contributed by atoms with Crippen LogP contribution < -0.4 is 10.2 Å². The Bertz CT molecular complexity index is 1230. The Balaban J connectivity index is 0.00000342. The van der Waals surface area contributed by atoms with Crippen molar-refractivity contribution in [3.8, 4) is 17.0 Å². The maximum absolute atomic E-state index is 13.3. The van der Waals surface area contributed by atoms with Gasteiger partial charge in [-0.25, -0.2) is 13.9 Å². The van der Waals surface area contributed by atoms with Gasteiger partial charge in [-0.05, 0) is 60.9 Å². The summed E-state index contributed by atoms with van der Waals surface area (Å²) in [5.41, 5.74) is 4.55. The van der Waals surface area contributed by atoms with Crippen molar-refractivity contribution in [1.29, 1.82) is 0 Å². The summed E-state index contributed by atoms with van der Waals surface area (Å²) >= 11 is 0. The van der Waals surface area contributed by atoms with Gasteiger partial charge >= 0.3 is 0 Å². The summed E-state index contributed by atoms with van der Waals surface area (Å²) in [6, 6.07) is 19.8. The van der Waals surface area contributed by atoms with Crippen molar-refractivity contribution in [3.63, 3.8) is 0 Å². The molecule has 4 rings (SSSR count). The second kappa shape index (κ2) is 11.6. The number of benzene rings is 2. The Morgan fingerprint density at radius 2 is 1.80 bits per heavy atom. The summed E-state index contributed by atoms with van der Waals surface area (Å²) in [5, 5.41) is 9.15. The molecular formula is C25H27ClN2O6S. The van der Waals surface area contributed by atoms with Crippen LogP contribution in [0.2, 0.25) is 0 Å². The van der Waals surface area contributed by atoms with Crippen molar-refractivity contribution < 1.29 is 27.9 Å². The summed E-state index contributed by atoms with van der Waals surface area (Å²) in [7, 11) is -4.06. The maximum Gasteiger partial charge on any atom is 0.265 e. The number of sulfone groups is 1. The Morgan fingerprint density at radius 3 is 2.46 bits per heavy atom. The van der Waals surface area contributed by atoms with Crippen LogP contribution in [0, 0.1) is 0 Å². The maximum atomic E-state index is 13.3. The second-order valence-corrected chi connectivity index (χ2v) is 10.3. The molecule has 1 amide bonds. The number of aromatic nitrogens is 1. The molecule has 0 aliphatic carbocycles. The van der Waals surface area contributed by atoms with Crippen molar-refractivity contribution in [1.82, 2.24) is 10.5 Å². The van der Waals surface area contributed by atoms with Gasteiger partial charge in [0, 0.05) is 31.4 Å². The predicted molar refractivity (Wildman–Crippen MR) is 132 cm³/mol. The second-order valence-electron chi connectivity index (χ2n) is 8.04. The van der Waals surface area contributed by atoms with E-state index in [0.717, 1.165) is 16.8 Å². The number of carbonyl (C=O) groups is 1. The Hall–Kier alpha value is -2.98. The Kier molecular flexibility index (Phi) is 8.85. The van der Waals surface area contributed by atoms with E-state index in [1.165, 1.54) is 17.6 Å². The van der Waals surface area contributed by atoms with E-state index < -0.39 is 20.5 Å². The number of halogens is 1. The fraction of sp³-hybridized carbons (Fsp3) is 0.280. The number of rotatable bonds is 8. The average molecular weight is 519 g/mol. The van der Waals surface area contributed by atoms with Crippen LogP contribution in [0.3, 0.4) is 0 Å². The minimum absolute atomic E-state index is 0. The highest BCUT2D eigenvalue weighted by Crippen LogP contribution is 2.35. The highest BCUT2D eigenvalue weighted by molar-refractivity contribution is 7.93. The van der Waals surface area contributed by atoms with Gasteiger partial charge in [-0.15, -0.1) is 12.4 Å². The molecule has 0 atom stereocenters. The lowest BCUT2D eigenvalue weighted by molar-refractivity contribution is -0.134. The number of hydrogen-bond acceptors (Lipinski definition) is 7. The van der Waals surface area contributed by atoms with Gasteiger partial charge in [-0.3, -0.25) is 15.0 Å². The first-order chi connectivity index (χ1) is 16.5. The first-order valence-corrected chi connectivity index (χ1v) is 12.4. The van der Waals surface area contributed by atoms with E-state index in [2.05, 4.69) is 11.1 Å². The average Bonchev–Trinajstić information content (AvgIpc) is 2.89. The van der Waals surface area contributed by atoms with E-state index >= 15 is 0 Å². The van der Waals surface area contributed by atoms with E-state index in [1.54, 1.807) is 18.3 Å². The number of amides is 1. The van der Waals surface area contributed by atoms with Crippen LogP contribution in [-0.2, 0) is 25.8 Å². The molecule has 0 radical (unpaired) electrons. The van der Waals surface area contributed by atoms with Crippen LogP contribution in [-0.4, -0.2) is 49.1 Å². The predicted octanol–water partition coefficient (Wildman–Crippen LogP) is 3.62. The van der Waals surface area contributed by atoms with Gasteiger partial charge in [0.15, 0.2) is 14.6 Å². The minimum Gasteiger partial charge on any atom is -0.493 e. The molecule has 0 bridgehead atoms. The van der Waals surface area contributed by atoms with Gasteiger partial charge in [0.05, 0.1) is 17.2 Å². The Labute approximate surface area is 210 Å². The molecule has 186 valence electrons. The fourth-order valence-corrected chi connectivity index (χ4v) is 6.01. The molecule has 1 aliphatic rings. The monoisotopic (exact) mass is 518 g/mol. The standard InChI is InChI=1S/C25H26N2O6S.ClH/c28-24(27-29)25(12-16-32-17-13-25)34(30,31)22-9-7-21(8-10-22)33-15-11-19-4-3-5-20(18-19)23-6-1-2-14-26-23;/h1-10,14,18,29H,11-13,15-17H2,(H,27,28);1H. The zero-order chi connectivity index (χ0) is 24.0. The normalized spacial score (nSPS) is 15.0. The smallest absolute Gasteiger partial charge is 0.265 e. The van der Waals surface area contributed by atoms with Crippen LogP contribution in [0.1, 0.15) is 18.4 Å². The molecule has 2 aromatic carbocycles. The lowest BCUT2D eigenvalue weighted by Crippen LogP contribution is -2.54. The van der Waals surface area contributed by atoms with Gasteiger partial charge in [-0.1, -0.05) is 24.3 Å².